The Morgan fingerprint density at radius 2 is 2.06 bits per heavy atom. The molecule has 1 atom stereocenters. The van der Waals surface area contributed by atoms with E-state index in [2.05, 4.69) is 24.8 Å². The predicted octanol–water partition coefficient (Wildman–Crippen LogP) is 6.61. The van der Waals surface area contributed by atoms with Crippen molar-refractivity contribution < 1.29 is 26.3 Å². The lowest BCUT2D eigenvalue weighted by atomic mass is 9.90. The molecule has 1 aromatic carbocycles. The summed E-state index contributed by atoms with van der Waals surface area (Å²) in [5.74, 6) is -0.866. The van der Waals surface area contributed by atoms with E-state index in [1.807, 2.05) is 6.08 Å². The number of alkyl halides is 2. The molecule has 0 bridgehead atoms. The molecule has 0 aliphatic heterocycles. The van der Waals surface area contributed by atoms with Crippen molar-refractivity contribution in [1.82, 2.24) is 0 Å². The van der Waals surface area contributed by atoms with Crippen molar-refractivity contribution in [3.63, 3.8) is 0 Å². The third kappa shape index (κ3) is 6.85. The maximum Gasteiger partial charge on any atom is 0.272 e. The van der Waals surface area contributed by atoms with Gasteiger partial charge in [0.1, 0.15) is 18.2 Å². The van der Waals surface area contributed by atoms with Crippen molar-refractivity contribution in [2.45, 2.75) is 63.5 Å². The fourth-order valence-electron chi connectivity index (χ4n) is 4.36. The highest BCUT2D eigenvalue weighted by Gasteiger charge is 2.31. The Morgan fingerprint density at radius 3 is 2.73 bits per heavy atom. The van der Waals surface area contributed by atoms with Crippen molar-refractivity contribution in [2.75, 3.05) is 12.4 Å². The van der Waals surface area contributed by atoms with Crippen LogP contribution in [0.15, 0.2) is 54.2 Å². The van der Waals surface area contributed by atoms with Crippen LogP contribution in [-0.4, -0.2) is 32.5 Å². The van der Waals surface area contributed by atoms with Crippen LogP contribution in [0.2, 0.25) is 0 Å². The number of hydrogen-bond donors (Lipinski definition) is 0. The first-order valence-electron chi connectivity index (χ1n) is 11.3. The third-order valence-corrected chi connectivity index (χ3v) is 8.26. The summed E-state index contributed by atoms with van der Waals surface area (Å²) in [5.41, 5.74) is 3.32. The molecule has 3 rings (SSSR count). The molecule has 0 amide bonds. The maximum atomic E-state index is 14.7. The van der Waals surface area contributed by atoms with Gasteiger partial charge in [-0.1, -0.05) is 42.0 Å². The van der Waals surface area contributed by atoms with E-state index in [1.165, 1.54) is 11.6 Å². The molecule has 0 spiro atoms. The minimum absolute atomic E-state index is 0.00120. The molecule has 0 saturated heterocycles. The largest absolute Gasteiger partial charge is 0.487 e. The van der Waals surface area contributed by atoms with Gasteiger partial charge in [0.15, 0.2) is 9.84 Å². The van der Waals surface area contributed by atoms with Crippen molar-refractivity contribution in [3.8, 4) is 5.75 Å². The van der Waals surface area contributed by atoms with Gasteiger partial charge < -0.3 is 4.74 Å². The first-order chi connectivity index (χ1) is 15.7. The van der Waals surface area contributed by atoms with Gasteiger partial charge in [0.05, 0.1) is 11.0 Å². The monoisotopic (exact) mass is 480 g/mol. The Bertz CT molecular complexity index is 1070. The van der Waals surface area contributed by atoms with Gasteiger partial charge in [0, 0.05) is 11.6 Å². The number of hydrogen-bond acceptors (Lipinski definition) is 3. The van der Waals surface area contributed by atoms with Crippen LogP contribution in [0, 0.1) is 5.82 Å². The minimum atomic E-state index is -3.50. The van der Waals surface area contributed by atoms with Crippen LogP contribution in [-0.2, 0) is 16.3 Å². The van der Waals surface area contributed by atoms with Gasteiger partial charge in [0.25, 0.3) is 6.43 Å². The Balaban J connectivity index is 1.75. The van der Waals surface area contributed by atoms with Gasteiger partial charge in [-0.3, -0.25) is 0 Å². The summed E-state index contributed by atoms with van der Waals surface area (Å²) in [6.45, 7) is 4.62. The lowest BCUT2D eigenvalue weighted by Crippen LogP contribution is -2.29. The number of allylic oxidation sites excluding steroid dienone is 6. The fourth-order valence-corrected chi connectivity index (χ4v) is 6.31. The van der Waals surface area contributed by atoms with Crippen LogP contribution >= 0.6 is 0 Å². The summed E-state index contributed by atoms with van der Waals surface area (Å²) < 4.78 is 71.3. The van der Waals surface area contributed by atoms with Gasteiger partial charge in [0.2, 0.25) is 0 Å². The molecule has 0 N–H and O–H groups in total. The van der Waals surface area contributed by atoms with Crippen LogP contribution in [0.1, 0.15) is 56.6 Å². The van der Waals surface area contributed by atoms with Crippen LogP contribution in [0.5, 0.6) is 5.75 Å². The number of aryl methyl sites for hydroxylation is 1. The van der Waals surface area contributed by atoms with E-state index in [0.29, 0.717) is 24.0 Å². The van der Waals surface area contributed by atoms with Gasteiger partial charge in [-0.2, -0.15) is 0 Å². The zero-order chi connectivity index (χ0) is 24.0. The first-order valence-corrected chi connectivity index (χ1v) is 13.0. The standard InChI is InChI=1S/C26H31F3O3S/c1-18(2)22-15-20(23(27)16-24(22)32-17-26(28)29)12-13-33(30,31)25-11-7-6-10-21(25)14-19-8-4-3-5-9-19/h3-4,8,10,15-16,25-26H,1,5-7,9,11-14,17H2,2H3. The summed E-state index contributed by atoms with van der Waals surface area (Å²) in [6, 6.07) is 2.51. The van der Waals surface area contributed by atoms with Crippen molar-refractivity contribution in [1.29, 1.82) is 0 Å². The third-order valence-electron chi connectivity index (χ3n) is 6.08. The Labute approximate surface area is 194 Å². The van der Waals surface area contributed by atoms with E-state index in [9.17, 15) is 21.6 Å². The van der Waals surface area contributed by atoms with E-state index in [0.717, 1.165) is 37.3 Å². The second kappa shape index (κ2) is 11.2. The van der Waals surface area contributed by atoms with E-state index in [1.54, 1.807) is 6.92 Å². The normalized spacial score (nSPS) is 18.8. The highest BCUT2D eigenvalue weighted by molar-refractivity contribution is 7.92. The molecule has 180 valence electrons. The van der Waals surface area contributed by atoms with Gasteiger partial charge in [-0.25, -0.2) is 21.6 Å². The summed E-state index contributed by atoms with van der Waals surface area (Å²) in [4.78, 5) is 0. The average molecular weight is 481 g/mol. The van der Waals surface area contributed by atoms with Crippen LogP contribution < -0.4 is 4.74 Å². The number of halogens is 3. The number of benzene rings is 1. The second-order valence-corrected chi connectivity index (χ2v) is 11.0. The molecule has 1 aromatic rings. The van der Waals surface area contributed by atoms with Gasteiger partial charge in [-0.15, -0.1) is 0 Å². The molecular weight excluding hydrogens is 449 g/mol. The molecule has 2 aliphatic carbocycles. The molecule has 7 heteroatoms. The highest BCUT2D eigenvalue weighted by atomic mass is 32.2. The first kappa shape index (κ1) is 25.3. The van der Waals surface area contributed by atoms with Crippen molar-refractivity contribution in [3.05, 3.63) is 71.1 Å². The van der Waals surface area contributed by atoms with Crippen LogP contribution in [0.25, 0.3) is 5.57 Å². The lowest BCUT2D eigenvalue weighted by Gasteiger charge is -2.26. The number of sulfone groups is 1. The summed E-state index contributed by atoms with van der Waals surface area (Å²) in [7, 11) is -3.50. The highest BCUT2D eigenvalue weighted by Crippen LogP contribution is 2.33. The van der Waals surface area contributed by atoms with E-state index >= 15 is 0 Å². The van der Waals surface area contributed by atoms with E-state index < -0.39 is 33.9 Å². The van der Waals surface area contributed by atoms with Crippen LogP contribution in [0.3, 0.4) is 0 Å². The Morgan fingerprint density at radius 1 is 1.27 bits per heavy atom. The quantitative estimate of drug-likeness (QED) is 0.354. The minimum Gasteiger partial charge on any atom is -0.487 e. The molecule has 0 aromatic heterocycles. The van der Waals surface area contributed by atoms with E-state index in [4.69, 9.17) is 4.74 Å². The molecule has 0 fully saturated rings. The zero-order valence-corrected chi connectivity index (χ0v) is 19.8. The van der Waals surface area contributed by atoms with Crippen LogP contribution in [0.4, 0.5) is 13.2 Å². The van der Waals surface area contributed by atoms with Gasteiger partial charge in [-0.05, 0) is 69.1 Å². The van der Waals surface area contributed by atoms with Crippen molar-refractivity contribution >= 4 is 15.4 Å². The Hall–Kier alpha value is -2.28. The average Bonchev–Trinajstić information content (AvgIpc) is 2.77. The summed E-state index contributed by atoms with van der Waals surface area (Å²) in [5, 5.41) is -0.546. The lowest BCUT2D eigenvalue weighted by molar-refractivity contribution is 0.0816. The maximum absolute atomic E-state index is 14.7. The predicted molar refractivity (Wildman–Crippen MR) is 127 cm³/mol. The van der Waals surface area contributed by atoms with Gasteiger partial charge >= 0.3 is 0 Å². The molecule has 3 nitrogen and oxygen atoms in total. The SMILES string of the molecule is C=C(C)c1cc(CCS(=O)(=O)C2CCCC=C2CC2=CC=CCC2)c(F)cc1OCC(F)F. The molecule has 0 saturated carbocycles. The van der Waals surface area contributed by atoms with Crippen molar-refractivity contribution in [2.24, 2.45) is 0 Å². The number of ether oxygens (including phenoxy) is 1. The summed E-state index contributed by atoms with van der Waals surface area (Å²) in [6.07, 6.45) is 10.4. The smallest absolute Gasteiger partial charge is 0.272 e. The Kier molecular flexibility index (Phi) is 8.63. The molecule has 2 aliphatic rings. The zero-order valence-electron chi connectivity index (χ0n) is 19.0. The molecular formula is C26H31F3O3S. The molecule has 0 heterocycles. The topological polar surface area (TPSA) is 43.4 Å². The summed E-state index contributed by atoms with van der Waals surface area (Å²) >= 11 is 0. The fraction of sp³-hybridized carbons (Fsp3) is 0.462. The number of rotatable bonds is 10. The molecule has 33 heavy (non-hydrogen) atoms. The second-order valence-electron chi connectivity index (χ2n) is 8.71. The van der Waals surface area contributed by atoms with E-state index in [-0.39, 0.29) is 23.5 Å². The molecule has 1 unspecified atom stereocenters. The molecule has 0 radical (unpaired) electrons.